The Bertz CT molecular complexity index is 3490. The summed E-state index contributed by atoms with van der Waals surface area (Å²) in [6, 6.07) is 53.1. The molecular weight excluding hydrogens is 4120 g/mol. The van der Waals surface area contributed by atoms with Crippen LogP contribution in [0.25, 0.3) is 6.08 Å². The fourth-order valence-electron chi connectivity index (χ4n) is 9.53. The van der Waals surface area contributed by atoms with Gasteiger partial charge in [0.25, 0.3) is 0 Å². The molecule has 1 N–H and O–H groups in total. The minimum absolute atomic E-state index is 0. The first-order chi connectivity index (χ1) is 61.4. The third kappa shape index (κ3) is 141. The summed E-state index contributed by atoms with van der Waals surface area (Å²) in [5, 5.41) is 3.14. The van der Waals surface area contributed by atoms with Gasteiger partial charge in [0.2, 0.25) is 0 Å². The molecule has 9 nitrogen and oxygen atoms in total. The van der Waals surface area contributed by atoms with Crippen LogP contribution in [0.15, 0.2) is 194 Å². The van der Waals surface area contributed by atoms with E-state index in [-0.39, 0.29) is 295 Å². The molecule has 6 aromatic carbocycles. The van der Waals surface area contributed by atoms with Gasteiger partial charge in [-0.05, 0) is 170 Å². The van der Waals surface area contributed by atoms with E-state index in [1.807, 2.05) is 104 Å². The number of nitrogens with one attached hydrogen (secondary N) is 1. The molecule has 7 aromatic rings. The first-order valence-electron chi connectivity index (χ1n) is 46.9. The van der Waals surface area contributed by atoms with E-state index in [4.69, 9.17) is 28.4 Å². The van der Waals surface area contributed by atoms with Crippen LogP contribution >= 0.6 is 0 Å². The first kappa shape index (κ1) is 192. The van der Waals surface area contributed by atoms with Gasteiger partial charge in [0, 0.05) is 320 Å². The van der Waals surface area contributed by atoms with Crippen LogP contribution in [0, 0.1) is 121 Å². The van der Waals surface area contributed by atoms with E-state index in [9.17, 15) is 0 Å². The van der Waals surface area contributed by atoms with E-state index in [0.717, 1.165) is 233 Å². The molecule has 0 aliphatic carbocycles. The molecule has 798 valence electrons. The maximum atomic E-state index is 5.61. The predicted octanol–water partition coefficient (Wildman–Crippen LogP) is 31.1. The average Bonchev–Trinajstić information content (AvgIpc) is 0.892. The fraction of sp³-hybridized carbons (Fsp3) is 0.444. The number of ether oxygens (including phenoxy) is 6. The van der Waals surface area contributed by atoms with Crippen LogP contribution < -0.4 is 29.0 Å². The van der Waals surface area contributed by atoms with Crippen molar-refractivity contribution < 1.29 is 323 Å². The van der Waals surface area contributed by atoms with Gasteiger partial charge in [-0.1, -0.05) is 255 Å². The molecule has 0 aliphatic rings. The van der Waals surface area contributed by atoms with Crippen molar-refractivity contribution in [1.82, 2.24) is 15.2 Å². The molecule has 0 aliphatic heterocycles. The van der Waals surface area contributed by atoms with Gasteiger partial charge >= 0.3 is 0 Å². The fourth-order valence-corrected chi connectivity index (χ4v) is 9.53. The summed E-state index contributed by atoms with van der Waals surface area (Å²) < 4.78 is 32.3. The Kier molecular flexibility index (Phi) is 226. The molecule has 1 heterocycles. The van der Waals surface area contributed by atoms with Gasteiger partial charge in [-0.3, -0.25) is 10.9 Å². The molecule has 0 spiro atoms. The van der Waals surface area contributed by atoms with Gasteiger partial charge in [0.15, 0.2) is 0 Å². The summed E-state index contributed by atoms with van der Waals surface area (Å²) in [6.45, 7) is 90.2. The SMILES string of the molecule is [CH2-]/C=C/c1ccccc1OCCC.[CH2-]C#CCC.[CH2-]C/C=C/CC.[CH2-]C/C=C/CCC.[CH2-]CC#CCCC.[CH2-]CCc1ccccc1OCCC.[CH2-]CCc1ncccc1OCCC.[CH2-]CN(C)CCC.[CH2-]CNCCCC.[CH2-]COCCC.[CH2-]COc1cccc(OCCC)c1.[CH2-]Cc1ccc(CC)cc1.[CH2-]Cc1cccc(CC)c1.[CH2-]c1cccc(CC)c1.[W].[W].[W].[W].[W].[W].[W].[W].[W].[W].[W].[W].[W].[W]. The van der Waals surface area contributed by atoms with Crippen LogP contribution in [-0.4, -0.2) is 89.4 Å². The van der Waals surface area contributed by atoms with Crippen LogP contribution in [0.2, 0.25) is 0 Å². The Hall–Kier alpha value is 0.936. The Balaban J connectivity index is -0.0000000574. The number of para-hydroxylation sites is 2. The van der Waals surface area contributed by atoms with Gasteiger partial charge in [0.05, 0.1) is 32.1 Å². The quantitative estimate of drug-likeness (QED) is 0.0175. The summed E-state index contributed by atoms with van der Waals surface area (Å²) in [7, 11) is 2.08. The smallest absolute Gasteiger partial charge is 0.140 e. The molecule has 7 rings (SSSR count). The summed E-state index contributed by atoms with van der Waals surface area (Å²) in [5.41, 5.74) is 11.3. The molecule has 1 aromatic heterocycles. The summed E-state index contributed by atoms with van der Waals surface area (Å²) in [4.78, 5) is 6.45. The maximum Gasteiger partial charge on any atom is 0.140 e. The van der Waals surface area contributed by atoms with Crippen molar-refractivity contribution in [2.75, 3.05) is 79.5 Å². The third-order valence-electron chi connectivity index (χ3n) is 16.3. The van der Waals surface area contributed by atoms with E-state index < -0.39 is 0 Å². The number of nitrogens with zero attached hydrogens (tertiary/aromatic N) is 2. The summed E-state index contributed by atoms with van der Waals surface area (Å²) in [5.74, 6) is 15.7. The van der Waals surface area contributed by atoms with E-state index >= 15 is 0 Å². The van der Waals surface area contributed by atoms with Crippen molar-refractivity contribution in [2.24, 2.45) is 0 Å². The van der Waals surface area contributed by atoms with Crippen LogP contribution in [0.1, 0.15) is 269 Å². The number of unbranched alkanes of at least 4 members (excludes halogenated alkanes) is 3. The third-order valence-corrected chi connectivity index (χ3v) is 16.3. The topological polar surface area (TPSA) is 83.5 Å². The molecule has 0 bridgehead atoms. The second-order valence-corrected chi connectivity index (χ2v) is 27.7. The van der Waals surface area contributed by atoms with Gasteiger partial charge in [0.1, 0.15) is 28.7 Å². The van der Waals surface area contributed by atoms with Crippen LogP contribution in [-0.2, 0) is 345 Å². The van der Waals surface area contributed by atoms with Crippen molar-refractivity contribution in [3.63, 3.8) is 0 Å². The van der Waals surface area contributed by atoms with Crippen molar-refractivity contribution in [3.05, 3.63) is 341 Å². The van der Waals surface area contributed by atoms with Gasteiger partial charge in [-0.15, -0.1) is 55.1 Å². The molecule has 0 radical (unpaired) electrons. The van der Waals surface area contributed by atoms with E-state index in [1.54, 1.807) is 12.3 Å². The normalized spacial score (nSPS) is 8.62. The average molecular weight is 4300 g/mol. The molecule has 0 fully saturated rings. The predicted molar refractivity (Wildman–Crippen MR) is 562 cm³/mol. The molecule has 0 amide bonds. The zero-order chi connectivity index (χ0) is 95.6. The van der Waals surface area contributed by atoms with Crippen molar-refractivity contribution >= 4 is 6.08 Å². The second-order valence-electron chi connectivity index (χ2n) is 27.7. The Morgan fingerprint density at radius 1 is 0.407 bits per heavy atom. The van der Waals surface area contributed by atoms with E-state index in [2.05, 4.69) is 324 Å². The monoisotopic (exact) mass is 4300 g/mol. The molecule has 0 saturated heterocycles. The summed E-state index contributed by atoms with van der Waals surface area (Å²) >= 11 is 0. The van der Waals surface area contributed by atoms with Gasteiger partial charge in [-0.25, -0.2) is 13.0 Å². The largest absolute Gasteiger partial charge is 0.525 e. The standard InChI is InChI=1S/C12H17O.C12H15O.C11H16NO.C11H15O2.2C10H13.C9H11.C7H13.C7H11.2C6H14N.C6H11.C5H11O.C5H7.14W/c2*1-3-7-11-8-5-6-9-12(11)13-10-4-2;1-3-6-10-11(13-9-4-2)7-5-8-12-10;1-3-8-13-11-7-5-6-10(9-11)12-4-2;1-3-9-5-7-10(4-2)8-6-9;1-3-9-6-5-7-10(4-2)8-9;1-3-9-6-4-5-8(2)7-9;2*1-3-5-7-6-4-2;1-4-6-7(3)5-2;1-3-5-6-7-4-2;2*1-3-5-6-4-2;1-3-5-4-2;;;;;;;;;;;;;;/h5-6,8-9H,1,3-4,7,10H2,2H3;3,5-9H,1,4,10H2,2H3;5,7-8H,1,3-4,6,9H2,2H3;5-7,9H,2-4,8H2,1H3;2*5-8H,1,3-4H2,2H3;4-7H,2-3H2,1H3;5,7H,1,3-4,6H2,2H3;1,3-4,6H2,2H3;2,4-6H2,1,3H3;7H,2-6H2,1H3;5-6H,1,3-4H2,2H3;2-5H2,1H3;1,4H2,2H3;;;;;;;;;;;;;;/q14*-1;;;;;;;;;;;;;;/b;7-3+;;;;;;7-5+;;;;6-5+;;;;;;;;;;;;;;;;. The first-order valence-corrected chi connectivity index (χ1v) is 46.9. The number of allylic oxidation sites excluding steroid dienone is 5. The molecular formula is C117H181N3O6W14-14. The van der Waals surface area contributed by atoms with Crippen molar-refractivity contribution in [3.8, 4) is 52.4 Å². The minimum atomic E-state index is 0. The number of benzene rings is 6. The van der Waals surface area contributed by atoms with Crippen molar-refractivity contribution in [1.29, 1.82) is 0 Å². The van der Waals surface area contributed by atoms with Gasteiger partial charge in [-0.2, -0.15) is 76.1 Å². The Labute approximate surface area is 1070 Å². The number of hydrogen-bond acceptors (Lipinski definition) is 9. The Morgan fingerprint density at radius 2 is 0.886 bits per heavy atom. The second kappa shape index (κ2) is 165. The van der Waals surface area contributed by atoms with Crippen molar-refractivity contribution in [2.45, 2.75) is 264 Å². The van der Waals surface area contributed by atoms with Crippen LogP contribution in [0.5, 0.6) is 28.7 Å². The van der Waals surface area contributed by atoms with Crippen LogP contribution in [0.3, 0.4) is 0 Å². The maximum absolute atomic E-state index is 5.61. The zero-order valence-electron chi connectivity index (χ0n) is 88.7. The van der Waals surface area contributed by atoms with Crippen LogP contribution in [0.4, 0.5) is 0 Å². The number of aromatic nitrogens is 1. The minimum Gasteiger partial charge on any atom is -0.525 e. The summed E-state index contributed by atoms with van der Waals surface area (Å²) in [6.07, 6.45) is 41.1. The zero-order valence-corrected chi connectivity index (χ0v) is 130. The van der Waals surface area contributed by atoms with E-state index in [1.165, 1.54) is 72.0 Å². The Morgan fingerprint density at radius 3 is 1.29 bits per heavy atom. The molecule has 0 saturated carbocycles. The number of aryl methyl sites for hydroxylation is 5. The molecule has 140 heavy (non-hydrogen) atoms. The molecule has 0 atom stereocenters. The molecule has 23 heteroatoms. The molecule has 0 unspecified atom stereocenters. The van der Waals surface area contributed by atoms with Gasteiger partial charge < -0.3 is 121 Å². The number of pyridine rings is 1. The number of rotatable bonds is 40. The van der Waals surface area contributed by atoms with E-state index in [0.29, 0.717) is 13.2 Å². The number of hydrogen-bond donors (Lipinski definition) is 1.